The van der Waals surface area contributed by atoms with E-state index in [0.29, 0.717) is 10.0 Å². The molecule has 0 atom stereocenters. The molecule has 5 heteroatoms. The Morgan fingerprint density at radius 3 is 2.35 bits per heavy atom. The average molecular weight is 381 g/mol. The summed E-state index contributed by atoms with van der Waals surface area (Å²) in [5.74, 6) is 1.56. The van der Waals surface area contributed by atoms with Crippen LogP contribution in [0.2, 0.25) is 10.0 Å². The summed E-state index contributed by atoms with van der Waals surface area (Å²) in [6.45, 7) is 6.78. The molecule has 0 aliphatic carbocycles. The Hall–Kier alpha value is -0.150. The van der Waals surface area contributed by atoms with Crippen molar-refractivity contribution in [3.63, 3.8) is 0 Å². The van der Waals surface area contributed by atoms with Gasteiger partial charge in [-0.3, -0.25) is 0 Å². The number of nitrogens with zero attached hydrogens (tertiary/aromatic N) is 1. The van der Waals surface area contributed by atoms with Crippen molar-refractivity contribution in [3.8, 4) is 5.75 Å². The summed E-state index contributed by atoms with van der Waals surface area (Å²) in [6, 6.07) is 5.37. The van der Waals surface area contributed by atoms with E-state index < -0.39 is 0 Å². The number of piperidine rings is 1. The second kappa shape index (κ2) is 11.4. The van der Waals surface area contributed by atoms with E-state index in [1.165, 1.54) is 51.7 Å². The summed E-state index contributed by atoms with van der Waals surface area (Å²) < 4.78 is 5.79. The fourth-order valence-electron chi connectivity index (χ4n) is 3.04. The second-order valence-electron chi connectivity index (χ2n) is 6.23. The molecule has 0 N–H and O–H groups in total. The lowest BCUT2D eigenvalue weighted by Gasteiger charge is -2.31. The van der Waals surface area contributed by atoms with Gasteiger partial charge in [-0.1, -0.05) is 43.0 Å². The lowest BCUT2D eigenvalue weighted by molar-refractivity contribution is 0.161. The summed E-state index contributed by atoms with van der Waals surface area (Å²) in [4.78, 5) is 2.61. The van der Waals surface area contributed by atoms with E-state index in [-0.39, 0.29) is 12.4 Å². The standard InChI is InChI=1S/C18H27Cl2NO.ClH/c1-2-3-4-8-21-9-5-15(6-10-21)7-11-22-18-13-16(19)12-17(20)14-18;/h12-15H,2-11H2,1H3;1H. The zero-order valence-electron chi connectivity index (χ0n) is 13.9. The molecule has 1 saturated heterocycles. The Labute approximate surface area is 156 Å². The Morgan fingerprint density at radius 1 is 1.09 bits per heavy atom. The molecule has 23 heavy (non-hydrogen) atoms. The first-order valence-corrected chi connectivity index (χ1v) is 9.24. The van der Waals surface area contributed by atoms with Gasteiger partial charge in [0.2, 0.25) is 0 Å². The lowest BCUT2D eigenvalue weighted by atomic mass is 9.94. The highest BCUT2D eigenvalue weighted by Gasteiger charge is 2.18. The van der Waals surface area contributed by atoms with Crippen LogP contribution >= 0.6 is 35.6 Å². The monoisotopic (exact) mass is 379 g/mol. The molecule has 132 valence electrons. The van der Waals surface area contributed by atoms with E-state index in [2.05, 4.69) is 11.8 Å². The molecule has 0 amide bonds. The molecule has 1 heterocycles. The largest absolute Gasteiger partial charge is 0.493 e. The van der Waals surface area contributed by atoms with Gasteiger partial charge in [-0.25, -0.2) is 0 Å². The van der Waals surface area contributed by atoms with E-state index in [9.17, 15) is 0 Å². The van der Waals surface area contributed by atoms with Crippen molar-refractivity contribution in [2.75, 3.05) is 26.2 Å². The van der Waals surface area contributed by atoms with Gasteiger partial charge in [-0.2, -0.15) is 0 Å². The van der Waals surface area contributed by atoms with Gasteiger partial charge in [-0.15, -0.1) is 12.4 Å². The van der Waals surface area contributed by atoms with Crippen molar-refractivity contribution in [1.82, 2.24) is 4.90 Å². The number of ether oxygens (including phenoxy) is 1. The predicted molar refractivity (Wildman–Crippen MR) is 103 cm³/mol. The molecular formula is C18H28Cl3NO. The van der Waals surface area contributed by atoms with E-state index in [4.69, 9.17) is 27.9 Å². The minimum Gasteiger partial charge on any atom is -0.493 e. The van der Waals surface area contributed by atoms with E-state index in [1.807, 2.05) is 12.1 Å². The van der Waals surface area contributed by atoms with Crippen LogP contribution in [0.15, 0.2) is 18.2 Å². The first-order valence-electron chi connectivity index (χ1n) is 8.48. The predicted octanol–water partition coefficient (Wildman–Crippen LogP) is 6.09. The summed E-state index contributed by atoms with van der Waals surface area (Å²) in [5.41, 5.74) is 0. The van der Waals surface area contributed by atoms with Crippen LogP contribution < -0.4 is 4.74 Å². The minimum atomic E-state index is 0. The Bertz CT molecular complexity index is 428. The Morgan fingerprint density at radius 2 is 1.74 bits per heavy atom. The van der Waals surface area contributed by atoms with Gasteiger partial charge >= 0.3 is 0 Å². The molecule has 1 aliphatic heterocycles. The maximum absolute atomic E-state index is 5.98. The molecule has 1 aromatic rings. The van der Waals surface area contributed by atoms with Crippen LogP contribution in [-0.4, -0.2) is 31.1 Å². The highest BCUT2D eigenvalue weighted by Crippen LogP contribution is 2.25. The van der Waals surface area contributed by atoms with Gasteiger partial charge < -0.3 is 9.64 Å². The fraction of sp³-hybridized carbons (Fsp3) is 0.667. The molecule has 0 aromatic heterocycles. The fourth-order valence-corrected chi connectivity index (χ4v) is 3.55. The number of halogens is 3. The van der Waals surface area contributed by atoms with Gasteiger partial charge in [0.25, 0.3) is 0 Å². The lowest BCUT2D eigenvalue weighted by Crippen LogP contribution is -2.34. The van der Waals surface area contributed by atoms with Crippen molar-refractivity contribution in [2.24, 2.45) is 5.92 Å². The van der Waals surface area contributed by atoms with Crippen LogP contribution in [0.4, 0.5) is 0 Å². The maximum atomic E-state index is 5.98. The highest BCUT2D eigenvalue weighted by molar-refractivity contribution is 6.34. The van der Waals surface area contributed by atoms with Crippen molar-refractivity contribution >= 4 is 35.6 Å². The molecule has 0 spiro atoms. The summed E-state index contributed by atoms with van der Waals surface area (Å²) in [7, 11) is 0. The summed E-state index contributed by atoms with van der Waals surface area (Å²) in [5, 5.41) is 1.26. The number of benzene rings is 1. The topological polar surface area (TPSA) is 12.5 Å². The van der Waals surface area contributed by atoms with Gasteiger partial charge in [0.15, 0.2) is 0 Å². The van der Waals surface area contributed by atoms with Crippen LogP contribution in [0.25, 0.3) is 0 Å². The van der Waals surface area contributed by atoms with Gasteiger partial charge in [-0.05, 0) is 69.4 Å². The maximum Gasteiger partial charge on any atom is 0.122 e. The third-order valence-electron chi connectivity index (χ3n) is 4.42. The van der Waals surface area contributed by atoms with Crippen LogP contribution in [-0.2, 0) is 0 Å². The van der Waals surface area contributed by atoms with Crippen LogP contribution in [0.1, 0.15) is 45.4 Å². The molecule has 1 fully saturated rings. The number of likely N-dealkylation sites (tertiary alicyclic amines) is 1. The second-order valence-corrected chi connectivity index (χ2v) is 7.11. The normalized spacial score (nSPS) is 16.1. The van der Waals surface area contributed by atoms with Crippen molar-refractivity contribution in [2.45, 2.75) is 45.4 Å². The van der Waals surface area contributed by atoms with Crippen LogP contribution in [0.3, 0.4) is 0 Å². The van der Waals surface area contributed by atoms with Crippen molar-refractivity contribution in [3.05, 3.63) is 28.2 Å². The van der Waals surface area contributed by atoms with Gasteiger partial charge in [0, 0.05) is 10.0 Å². The minimum absolute atomic E-state index is 0. The van der Waals surface area contributed by atoms with Crippen LogP contribution in [0, 0.1) is 5.92 Å². The SMILES string of the molecule is CCCCCN1CCC(CCOc2cc(Cl)cc(Cl)c2)CC1.Cl. The number of hydrogen-bond acceptors (Lipinski definition) is 2. The third-order valence-corrected chi connectivity index (χ3v) is 4.85. The number of rotatable bonds is 8. The van der Waals surface area contributed by atoms with Gasteiger partial charge in [0.05, 0.1) is 6.61 Å². The third kappa shape index (κ3) is 7.98. The first-order chi connectivity index (χ1) is 10.7. The van der Waals surface area contributed by atoms with E-state index in [0.717, 1.165) is 24.7 Å². The molecule has 0 saturated carbocycles. The molecule has 2 rings (SSSR count). The molecule has 1 aliphatic rings. The summed E-state index contributed by atoms with van der Waals surface area (Å²) in [6.07, 6.45) is 7.72. The average Bonchev–Trinajstić information content (AvgIpc) is 2.48. The zero-order valence-corrected chi connectivity index (χ0v) is 16.2. The Kier molecular flexibility index (Phi) is 10.4. The zero-order chi connectivity index (χ0) is 15.8. The molecule has 0 bridgehead atoms. The quantitative estimate of drug-likeness (QED) is 0.506. The van der Waals surface area contributed by atoms with Gasteiger partial charge in [0.1, 0.15) is 5.75 Å². The van der Waals surface area contributed by atoms with E-state index in [1.54, 1.807) is 6.07 Å². The highest BCUT2D eigenvalue weighted by atomic mass is 35.5. The number of unbranched alkanes of at least 4 members (excludes halogenated alkanes) is 2. The van der Waals surface area contributed by atoms with Crippen LogP contribution in [0.5, 0.6) is 5.75 Å². The van der Waals surface area contributed by atoms with Crippen molar-refractivity contribution < 1.29 is 4.74 Å². The number of hydrogen-bond donors (Lipinski definition) is 0. The van der Waals surface area contributed by atoms with Crippen molar-refractivity contribution in [1.29, 1.82) is 0 Å². The van der Waals surface area contributed by atoms with E-state index >= 15 is 0 Å². The Balaban J connectivity index is 0.00000264. The molecule has 1 aromatic carbocycles. The molecule has 0 unspecified atom stereocenters. The molecule has 2 nitrogen and oxygen atoms in total. The first kappa shape index (κ1) is 20.9. The molecular weight excluding hydrogens is 353 g/mol. The molecule has 0 radical (unpaired) electrons. The summed E-state index contributed by atoms with van der Waals surface area (Å²) >= 11 is 12.0. The smallest absolute Gasteiger partial charge is 0.122 e.